The van der Waals surface area contributed by atoms with Gasteiger partial charge >= 0.3 is 0 Å². The van der Waals surface area contributed by atoms with Gasteiger partial charge in [-0.15, -0.1) is 0 Å². The molecule has 2 aliphatic rings. The summed E-state index contributed by atoms with van der Waals surface area (Å²) in [5.41, 5.74) is 4.02. The van der Waals surface area contributed by atoms with E-state index in [1.165, 1.54) is 5.57 Å². The zero-order valence-corrected chi connectivity index (χ0v) is 27.2. The number of hydrogen-bond acceptors (Lipinski definition) is 8. The van der Waals surface area contributed by atoms with Crippen molar-refractivity contribution < 1.29 is 19.1 Å². The molecule has 1 fully saturated rings. The zero-order valence-electron chi connectivity index (χ0n) is 26.5. The van der Waals surface area contributed by atoms with E-state index < -0.39 is 6.04 Å². The van der Waals surface area contributed by atoms with Crippen molar-refractivity contribution in [2.24, 2.45) is 0 Å². The van der Waals surface area contributed by atoms with Gasteiger partial charge in [0.05, 0.1) is 44.6 Å². The maximum absolute atomic E-state index is 13.8. The minimum atomic E-state index is -0.467. The van der Waals surface area contributed by atoms with E-state index in [0.29, 0.717) is 40.7 Å². The minimum Gasteiger partial charge on any atom is -0.493 e. The number of nitrogens with one attached hydrogen (secondary N) is 2. The van der Waals surface area contributed by atoms with E-state index in [4.69, 9.17) is 31.0 Å². The van der Waals surface area contributed by atoms with Gasteiger partial charge in [0.2, 0.25) is 11.8 Å². The number of hydrogen-bond donors (Lipinski definition) is 2. The summed E-state index contributed by atoms with van der Waals surface area (Å²) in [6.45, 7) is 4.27. The predicted octanol–water partition coefficient (Wildman–Crippen LogP) is 5.20. The lowest BCUT2D eigenvalue weighted by Gasteiger charge is -2.37. The van der Waals surface area contributed by atoms with Crippen molar-refractivity contribution in [2.75, 3.05) is 37.5 Å². The number of rotatable bonds is 10. The summed E-state index contributed by atoms with van der Waals surface area (Å²) in [5.74, 6) is 2.25. The number of aromatic nitrogens is 2. The van der Waals surface area contributed by atoms with Crippen LogP contribution in [-0.4, -0.2) is 61.7 Å². The third-order valence-corrected chi connectivity index (χ3v) is 8.46. The number of allylic oxidation sites excluding steroid dienone is 1. The summed E-state index contributed by atoms with van der Waals surface area (Å²) in [4.78, 5) is 38.5. The number of methoxy groups -OCH3 is 1. The third kappa shape index (κ3) is 7.57. The SMILES string of the molecule is CNC(=O)CNC1CCC(=CN(C)c2cnc(N3C(=O)Cc4cc(OC)c(OC(C)C)cc4[C@@H]3c3ccc(Cl)cc3)cn2)CC1. The lowest BCUT2D eigenvalue weighted by Crippen LogP contribution is -2.41. The molecule has 10 nitrogen and oxygen atoms in total. The Kier molecular flexibility index (Phi) is 10.2. The normalized spacial score (nSPS) is 18.0. The molecule has 1 saturated carbocycles. The summed E-state index contributed by atoms with van der Waals surface area (Å²) in [6, 6.07) is 11.2. The van der Waals surface area contributed by atoms with Gasteiger partial charge < -0.3 is 25.0 Å². The van der Waals surface area contributed by atoms with Crippen LogP contribution in [-0.2, 0) is 16.0 Å². The van der Waals surface area contributed by atoms with Crippen LogP contribution in [0.2, 0.25) is 5.02 Å². The minimum absolute atomic E-state index is 0.00170. The highest BCUT2D eigenvalue weighted by molar-refractivity contribution is 6.30. The second-order valence-corrected chi connectivity index (χ2v) is 12.2. The molecule has 0 saturated heterocycles. The lowest BCUT2D eigenvalue weighted by atomic mass is 9.87. The lowest BCUT2D eigenvalue weighted by molar-refractivity contribution is -0.120. The largest absolute Gasteiger partial charge is 0.493 e. The van der Waals surface area contributed by atoms with Gasteiger partial charge in [0, 0.05) is 31.4 Å². The molecule has 11 heteroatoms. The van der Waals surface area contributed by atoms with Crippen molar-refractivity contribution in [2.45, 2.75) is 64.1 Å². The Hall–Kier alpha value is -4.15. The smallest absolute Gasteiger partial charge is 0.233 e. The van der Waals surface area contributed by atoms with Gasteiger partial charge in [0.25, 0.3) is 0 Å². The first-order valence-corrected chi connectivity index (χ1v) is 15.7. The summed E-state index contributed by atoms with van der Waals surface area (Å²) in [7, 11) is 5.20. The second kappa shape index (κ2) is 14.3. The van der Waals surface area contributed by atoms with Crippen molar-refractivity contribution in [1.82, 2.24) is 20.6 Å². The van der Waals surface area contributed by atoms with Crippen LogP contribution in [0.3, 0.4) is 0 Å². The van der Waals surface area contributed by atoms with E-state index in [9.17, 15) is 9.59 Å². The molecule has 0 unspecified atom stereocenters. The summed E-state index contributed by atoms with van der Waals surface area (Å²) in [6.07, 6.45) is 9.43. The van der Waals surface area contributed by atoms with Crippen molar-refractivity contribution in [3.05, 3.63) is 82.3 Å². The molecule has 2 N–H and O–H groups in total. The van der Waals surface area contributed by atoms with Crippen molar-refractivity contribution in [3.63, 3.8) is 0 Å². The first-order chi connectivity index (χ1) is 21.7. The van der Waals surface area contributed by atoms with E-state index >= 15 is 0 Å². The summed E-state index contributed by atoms with van der Waals surface area (Å²) >= 11 is 6.24. The van der Waals surface area contributed by atoms with Gasteiger partial charge in [-0.2, -0.15) is 0 Å². The molecule has 1 aliphatic carbocycles. The fraction of sp³-hybridized carbons (Fsp3) is 0.412. The number of ether oxygens (including phenoxy) is 2. The molecule has 1 atom stereocenters. The van der Waals surface area contributed by atoms with E-state index in [1.807, 2.05) is 62.2 Å². The molecular weight excluding hydrogens is 592 g/mol. The zero-order chi connectivity index (χ0) is 32.1. The van der Waals surface area contributed by atoms with Crippen molar-refractivity contribution in [3.8, 4) is 11.5 Å². The Morgan fingerprint density at radius 2 is 1.87 bits per heavy atom. The third-order valence-electron chi connectivity index (χ3n) is 8.20. The average Bonchev–Trinajstić information content (AvgIpc) is 3.04. The molecule has 2 amide bonds. The second-order valence-electron chi connectivity index (χ2n) is 11.7. The molecular formula is C34H41ClN6O4. The number of anilines is 2. The molecule has 1 aliphatic heterocycles. The molecule has 3 aromatic rings. The van der Waals surface area contributed by atoms with Gasteiger partial charge in [-0.1, -0.05) is 29.3 Å². The number of amides is 2. The van der Waals surface area contributed by atoms with Crippen LogP contribution in [0.25, 0.3) is 0 Å². The average molecular weight is 633 g/mol. The molecule has 5 rings (SSSR count). The molecule has 0 radical (unpaired) electrons. The number of carbonyl (C=O) groups is 2. The Morgan fingerprint density at radius 1 is 1.13 bits per heavy atom. The quantitative estimate of drug-likeness (QED) is 0.314. The maximum Gasteiger partial charge on any atom is 0.233 e. The van der Waals surface area contributed by atoms with Crippen LogP contribution in [0.1, 0.15) is 62.3 Å². The van der Waals surface area contributed by atoms with Crippen LogP contribution in [0.4, 0.5) is 11.6 Å². The molecule has 45 heavy (non-hydrogen) atoms. The van der Waals surface area contributed by atoms with Gasteiger partial charge in [0.15, 0.2) is 23.1 Å². The molecule has 2 aromatic carbocycles. The van der Waals surface area contributed by atoms with Crippen LogP contribution >= 0.6 is 11.6 Å². The van der Waals surface area contributed by atoms with E-state index in [1.54, 1.807) is 31.5 Å². The predicted molar refractivity (Wildman–Crippen MR) is 176 cm³/mol. The first-order valence-electron chi connectivity index (χ1n) is 15.3. The highest BCUT2D eigenvalue weighted by Gasteiger charge is 2.37. The highest BCUT2D eigenvalue weighted by Crippen LogP contribution is 2.43. The molecule has 0 spiro atoms. The van der Waals surface area contributed by atoms with E-state index in [2.05, 4.69) is 16.8 Å². The maximum atomic E-state index is 13.8. The monoisotopic (exact) mass is 632 g/mol. The highest BCUT2D eigenvalue weighted by atomic mass is 35.5. The number of likely N-dealkylation sites (N-methyl/N-ethyl adjacent to an activating group) is 1. The Bertz CT molecular complexity index is 1530. The van der Waals surface area contributed by atoms with Gasteiger partial charge in [-0.3, -0.25) is 14.5 Å². The number of fused-ring (bicyclic) bond motifs is 1. The fourth-order valence-electron chi connectivity index (χ4n) is 5.90. The fourth-order valence-corrected chi connectivity index (χ4v) is 6.03. The van der Waals surface area contributed by atoms with Crippen molar-refractivity contribution >= 4 is 35.1 Å². The molecule has 1 aromatic heterocycles. The Morgan fingerprint density at radius 3 is 2.49 bits per heavy atom. The van der Waals surface area contributed by atoms with Crippen LogP contribution in [0.5, 0.6) is 11.5 Å². The number of nitrogens with zero attached hydrogens (tertiary/aromatic N) is 4. The topological polar surface area (TPSA) is 109 Å². The molecule has 0 bridgehead atoms. The number of benzene rings is 2. The number of carbonyl (C=O) groups excluding carboxylic acids is 2. The van der Waals surface area contributed by atoms with Gasteiger partial charge in [0.1, 0.15) is 0 Å². The van der Waals surface area contributed by atoms with Crippen LogP contribution < -0.4 is 29.9 Å². The standard InChI is InChI=1S/C34H41ClN6O4/c1-21(2)45-29-16-27-24(14-28(29)44-5)15-33(43)41(34(27)23-8-10-25(35)11-9-23)31-18-38-30(17-39-31)40(4)20-22-6-12-26(13-7-22)37-19-32(42)36-3/h8-11,14,16-18,20-21,26,34,37H,6-7,12-13,15,19H2,1-5H3,(H,36,42)/t26?,34-/m0/s1. The summed E-state index contributed by atoms with van der Waals surface area (Å²) < 4.78 is 11.7. The summed E-state index contributed by atoms with van der Waals surface area (Å²) in [5, 5.41) is 6.59. The molecule has 2 heterocycles. The number of halogens is 1. The molecule has 238 valence electrons. The van der Waals surface area contributed by atoms with Crippen molar-refractivity contribution in [1.29, 1.82) is 0 Å². The van der Waals surface area contributed by atoms with Crippen LogP contribution in [0.15, 0.2) is 60.6 Å². The van der Waals surface area contributed by atoms with E-state index in [0.717, 1.165) is 42.4 Å². The Balaban J connectivity index is 1.40. The van der Waals surface area contributed by atoms with Gasteiger partial charge in [-0.05, 0) is 80.5 Å². The van der Waals surface area contributed by atoms with Gasteiger partial charge in [-0.25, -0.2) is 9.97 Å². The van der Waals surface area contributed by atoms with Crippen LogP contribution in [0, 0.1) is 0 Å². The Labute approximate surface area is 269 Å². The van der Waals surface area contributed by atoms with E-state index in [-0.39, 0.29) is 24.3 Å². The first kappa shape index (κ1) is 32.2.